The molecule has 0 spiro atoms. The van der Waals surface area contributed by atoms with Crippen LogP contribution >= 0.6 is 11.6 Å². The van der Waals surface area contributed by atoms with Gasteiger partial charge in [-0.05, 0) is 29.6 Å². The summed E-state index contributed by atoms with van der Waals surface area (Å²) in [5.74, 6) is -0.269. The molecular formula is C12H17ClN4O3. The lowest BCUT2D eigenvalue weighted by Crippen LogP contribution is -2.43. The number of nitroso groups, excluding NO2 is 1. The predicted octanol–water partition coefficient (Wildman–Crippen LogP) is 2.47. The normalized spacial score (nSPS) is 12.2. The highest BCUT2D eigenvalue weighted by atomic mass is 35.5. The fourth-order valence-electron chi connectivity index (χ4n) is 2.00. The number of hydrogen-bond acceptors (Lipinski definition) is 7. The van der Waals surface area contributed by atoms with Crippen LogP contribution in [0.4, 0.5) is 11.5 Å². The highest BCUT2D eigenvalue weighted by molar-refractivity contribution is 6.28. The number of esters is 1. The summed E-state index contributed by atoms with van der Waals surface area (Å²) in [4.78, 5) is 32.3. The van der Waals surface area contributed by atoms with Crippen LogP contribution in [-0.2, 0) is 9.53 Å². The lowest BCUT2D eigenvalue weighted by atomic mass is 10.0. The summed E-state index contributed by atoms with van der Waals surface area (Å²) in [6, 6.07) is -0.606. The van der Waals surface area contributed by atoms with Gasteiger partial charge in [0.15, 0.2) is 11.5 Å². The Morgan fingerprint density at radius 1 is 1.40 bits per heavy atom. The maximum absolute atomic E-state index is 11.9. The molecule has 110 valence electrons. The quantitative estimate of drug-likeness (QED) is 0.472. The van der Waals surface area contributed by atoms with E-state index >= 15 is 0 Å². The molecule has 0 N–H and O–H groups in total. The van der Waals surface area contributed by atoms with Gasteiger partial charge in [-0.1, -0.05) is 13.8 Å². The molecule has 8 heteroatoms. The predicted molar refractivity (Wildman–Crippen MR) is 76.3 cm³/mol. The van der Waals surface area contributed by atoms with Crippen LogP contribution in [0.1, 0.15) is 19.5 Å². The van der Waals surface area contributed by atoms with E-state index in [1.807, 2.05) is 13.8 Å². The van der Waals surface area contributed by atoms with Crippen molar-refractivity contribution < 1.29 is 9.53 Å². The molecule has 0 amide bonds. The molecule has 0 fully saturated rings. The summed E-state index contributed by atoms with van der Waals surface area (Å²) in [5, 5.41) is 2.92. The van der Waals surface area contributed by atoms with E-state index in [-0.39, 0.29) is 22.7 Å². The Bertz CT molecular complexity index is 522. The minimum absolute atomic E-state index is 0.0101. The molecule has 1 atom stereocenters. The largest absolute Gasteiger partial charge is 0.467 e. The van der Waals surface area contributed by atoms with E-state index in [2.05, 4.69) is 15.1 Å². The van der Waals surface area contributed by atoms with Crippen molar-refractivity contribution in [1.82, 2.24) is 9.97 Å². The summed E-state index contributed by atoms with van der Waals surface area (Å²) in [5.41, 5.74) is 0.417. The van der Waals surface area contributed by atoms with Gasteiger partial charge in [0.2, 0.25) is 5.28 Å². The number of aryl methyl sites for hydroxylation is 1. The van der Waals surface area contributed by atoms with E-state index in [0.717, 1.165) is 0 Å². The van der Waals surface area contributed by atoms with Crippen LogP contribution in [0.25, 0.3) is 0 Å². The molecule has 1 heterocycles. The number of methoxy groups -OCH3 is 1. The minimum atomic E-state index is -0.606. The van der Waals surface area contributed by atoms with Gasteiger partial charge in [-0.2, -0.15) is 4.98 Å². The van der Waals surface area contributed by atoms with Crippen molar-refractivity contribution in [2.24, 2.45) is 11.1 Å². The van der Waals surface area contributed by atoms with Gasteiger partial charge >= 0.3 is 5.97 Å². The van der Waals surface area contributed by atoms with Crippen LogP contribution in [0.5, 0.6) is 0 Å². The van der Waals surface area contributed by atoms with E-state index in [0.29, 0.717) is 5.69 Å². The number of likely N-dealkylation sites (N-methyl/N-ethyl adjacent to an activating group) is 1. The lowest BCUT2D eigenvalue weighted by molar-refractivity contribution is -0.143. The topological polar surface area (TPSA) is 84.8 Å². The van der Waals surface area contributed by atoms with Crippen LogP contribution in [0.15, 0.2) is 5.18 Å². The Morgan fingerprint density at radius 2 is 2.00 bits per heavy atom. The smallest absolute Gasteiger partial charge is 0.328 e. The Morgan fingerprint density at radius 3 is 2.45 bits per heavy atom. The van der Waals surface area contributed by atoms with E-state index in [1.54, 1.807) is 14.0 Å². The van der Waals surface area contributed by atoms with Crippen molar-refractivity contribution >= 4 is 29.1 Å². The molecule has 0 unspecified atom stereocenters. The van der Waals surface area contributed by atoms with Crippen molar-refractivity contribution in [2.75, 3.05) is 19.1 Å². The summed E-state index contributed by atoms with van der Waals surface area (Å²) >= 11 is 5.81. The highest BCUT2D eigenvalue weighted by Gasteiger charge is 2.31. The van der Waals surface area contributed by atoms with Crippen molar-refractivity contribution in [3.63, 3.8) is 0 Å². The first-order valence-corrected chi connectivity index (χ1v) is 6.39. The van der Waals surface area contributed by atoms with E-state index in [4.69, 9.17) is 16.3 Å². The van der Waals surface area contributed by atoms with Crippen molar-refractivity contribution in [3.8, 4) is 0 Å². The number of nitrogens with zero attached hydrogens (tertiary/aromatic N) is 4. The van der Waals surface area contributed by atoms with Crippen LogP contribution in [-0.4, -0.2) is 36.1 Å². The third-order valence-corrected chi connectivity index (χ3v) is 3.10. The molecule has 1 aromatic heterocycles. The molecule has 0 radical (unpaired) electrons. The third kappa shape index (κ3) is 3.22. The lowest BCUT2D eigenvalue weighted by Gasteiger charge is -2.30. The first kappa shape index (κ1) is 16.3. The second kappa shape index (κ2) is 6.60. The fourth-order valence-corrected chi connectivity index (χ4v) is 2.21. The van der Waals surface area contributed by atoms with Crippen LogP contribution in [0, 0.1) is 17.7 Å². The molecule has 0 aliphatic carbocycles. The zero-order valence-electron chi connectivity index (χ0n) is 12.0. The SMILES string of the molecule is COC(=O)[C@H](C(C)C)N(C)c1nc(Cl)nc(C)c1N=O. The summed E-state index contributed by atoms with van der Waals surface area (Å²) in [6.45, 7) is 5.33. The van der Waals surface area contributed by atoms with E-state index < -0.39 is 12.0 Å². The maximum Gasteiger partial charge on any atom is 0.328 e. The standard InChI is InChI=1S/C12H17ClN4O3/c1-6(2)9(11(18)20-5)17(4)10-8(16-19)7(3)14-12(13)15-10/h6,9H,1-5H3/t9-/m0/s1. The van der Waals surface area contributed by atoms with Gasteiger partial charge in [0.05, 0.1) is 12.8 Å². The van der Waals surface area contributed by atoms with Crippen LogP contribution < -0.4 is 4.90 Å². The molecule has 0 bridgehead atoms. The highest BCUT2D eigenvalue weighted by Crippen LogP contribution is 2.32. The van der Waals surface area contributed by atoms with Gasteiger partial charge in [-0.3, -0.25) is 0 Å². The van der Waals surface area contributed by atoms with Gasteiger partial charge in [0.25, 0.3) is 0 Å². The Balaban J connectivity index is 3.34. The van der Waals surface area contributed by atoms with Gasteiger partial charge in [-0.25, -0.2) is 9.78 Å². The Labute approximate surface area is 122 Å². The Hall–Kier alpha value is -1.76. The van der Waals surface area contributed by atoms with Gasteiger partial charge in [0.1, 0.15) is 6.04 Å². The molecule has 0 aliphatic heterocycles. The average molecular weight is 301 g/mol. The number of rotatable bonds is 5. The zero-order chi connectivity index (χ0) is 15.4. The van der Waals surface area contributed by atoms with Crippen molar-refractivity contribution in [2.45, 2.75) is 26.8 Å². The van der Waals surface area contributed by atoms with E-state index in [9.17, 15) is 9.70 Å². The number of aromatic nitrogens is 2. The number of anilines is 1. The number of carbonyl (C=O) groups excluding carboxylic acids is 1. The molecule has 20 heavy (non-hydrogen) atoms. The number of hydrogen-bond donors (Lipinski definition) is 0. The van der Waals surface area contributed by atoms with E-state index in [1.165, 1.54) is 12.0 Å². The maximum atomic E-state index is 11.9. The third-order valence-electron chi connectivity index (χ3n) is 2.93. The number of halogens is 1. The molecule has 1 aromatic rings. The summed E-state index contributed by atoms with van der Waals surface area (Å²) < 4.78 is 4.78. The molecule has 1 rings (SSSR count). The second-order valence-electron chi connectivity index (χ2n) is 4.66. The van der Waals surface area contributed by atoms with Crippen molar-refractivity contribution in [1.29, 1.82) is 0 Å². The monoisotopic (exact) mass is 300 g/mol. The van der Waals surface area contributed by atoms with Crippen LogP contribution in [0.2, 0.25) is 5.28 Å². The Kier molecular flexibility index (Phi) is 5.38. The first-order chi connectivity index (χ1) is 9.33. The average Bonchev–Trinajstić information content (AvgIpc) is 2.37. The van der Waals surface area contributed by atoms with Crippen molar-refractivity contribution in [3.05, 3.63) is 15.9 Å². The molecule has 7 nitrogen and oxygen atoms in total. The molecule has 0 aromatic carbocycles. The minimum Gasteiger partial charge on any atom is -0.467 e. The molecule has 0 saturated carbocycles. The van der Waals surface area contributed by atoms with Gasteiger partial charge < -0.3 is 9.64 Å². The number of ether oxygens (including phenoxy) is 1. The van der Waals surface area contributed by atoms with Crippen LogP contribution in [0.3, 0.4) is 0 Å². The molecular weight excluding hydrogens is 284 g/mol. The zero-order valence-corrected chi connectivity index (χ0v) is 12.8. The molecule has 0 saturated heterocycles. The van der Waals surface area contributed by atoms with Gasteiger partial charge in [0, 0.05) is 7.05 Å². The fraction of sp³-hybridized carbons (Fsp3) is 0.583. The summed E-state index contributed by atoms with van der Waals surface area (Å²) in [7, 11) is 2.94. The first-order valence-electron chi connectivity index (χ1n) is 6.01. The number of carbonyl (C=O) groups is 1. The molecule has 0 aliphatic rings. The summed E-state index contributed by atoms with van der Waals surface area (Å²) in [6.07, 6.45) is 0. The second-order valence-corrected chi connectivity index (χ2v) is 5.00. The van der Waals surface area contributed by atoms with Gasteiger partial charge in [-0.15, -0.1) is 4.91 Å².